The molecule has 2 nitrogen and oxygen atoms in total. The fourth-order valence-corrected chi connectivity index (χ4v) is 3.41. The third-order valence-corrected chi connectivity index (χ3v) is 4.77. The number of rotatable bonds is 9. The Bertz CT molecular complexity index is 391. The van der Waals surface area contributed by atoms with E-state index >= 15 is 0 Å². The molecule has 0 fully saturated rings. The van der Waals surface area contributed by atoms with Gasteiger partial charge in [-0.15, -0.1) is 0 Å². The third-order valence-electron chi connectivity index (χ3n) is 3.64. The van der Waals surface area contributed by atoms with E-state index in [-0.39, 0.29) is 0 Å². The van der Waals surface area contributed by atoms with Crippen molar-refractivity contribution in [3.63, 3.8) is 0 Å². The number of hydrogen-bond donors (Lipinski definition) is 0. The van der Waals surface area contributed by atoms with Crippen LogP contribution in [0.3, 0.4) is 0 Å². The molecule has 0 radical (unpaired) electrons. The van der Waals surface area contributed by atoms with Gasteiger partial charge in [0.15, 0.2) is 0 Å². The van der Waals surface area contributed by atoms with Crippen LogP contribution in [0, 0.1) is 18.8 Å². The van der Waals surface area contributed by atoms with Crippen molar-refractivity contribution in [3.05, 3.63) is 29.3 Å². The fourth-order valence-electron chi connectivity index (χ4n) is 2.08. The zero-order valence-corrected chi connectivity index (χ0v) is 15.3. The van der Waals surface area contributed by atoms with Gasteiger partial charge in [0.2, 0.25) is 0 Å². The topological polar surface area (TPSA) is 18.5 Å². The molecule has 0 saturated heterocycles. The van der Waals surface area contributed by atoms with Crippen LogP contribution in [-0.4, -0.2) is 24.8 Å². The van der Waals surface area contributed by atoms with Crippen LogP contribution >= 0.6 is 22.6 Å². The number of benzene rings is 1. The summed E-state index contributed by atoms with van der Waals surface area (Å²) < 4.78 is 12.1. The van der Waals surface area contributed by atoms with Crippen molar-refractivity contribution in [2.45, 2.75) is 33.6 Å². The maximum Gasteiger partial charge on any atom is 0.122 e. The normalized spacial score (nSPS) is 12.7. The van der Waals surface area contributed by atoms with Crippen molar-refractivity contribution in [3.8, 4) is 5.75 Å². The zero-order valence-electron chi connectivity index (χ0n) is 13.1. The fraction of sp³-hybridized carbons (Fsp3) is 0.647. The first kappa shape index (κ1) is 17.8. The molecule has 0 N–H and O–H groups in total. The molecule has 0 aromatic heterocycles. The molecule has 0 spiro atoms. The van der Waals surface area contributed by atoms with E-state index < -0.39 is 0 Å². The lowest BCUT2D eigenvalue weighted by atomic mass is 9.91. The van der Waals surface area contributed by atoms with Gasteiger partial charge in [-0.25, -0.2) is 0 Å². The summed E-state index contributed by atoms with van der Waals surface area (Å²) in [6, 6.07) is 6.62. The summed E-state index contributed by atoms with van der Waals surface area (Å²) in [6.45, 7) is 8.19. The van der Waals surface area contributed by atoms with Gasteiger partial charge in [0, 0.05) is 24.6 Å². The summed E-state index contributed by atoms with van der Waals surface area (Å²) in [5.74, 6) is 2.48. The lowest BCUT2D eigenvalue weighted by molar-refractivity contribution is 0.172. The molecule has 0 amide bonds. The lowest BCUT2D eigenvalue weighted by Gasteiger charge is -2.19. The highest BCUT2D eigenvalue weighted by Gasteiger charge is 2.13. The second-order valence-electron chi connectivity index (χ2n) is 5.66. The van der Waals surface area contributed by atoms with E-state index in [4.69, 9.17) is 9.47 Å². The Balaban J connectivity index is 2.65. The van der Waals surface area contributed by atoms with E-state index in [1.807, 2.05) is 0 Å². The second-order valence-corrected chi connectivity index (χ2v) is 6.54. The first-order chi connectivity index (χ1) is 9.58. The first-order valence-electron chi connectivity index (χ1n) is 7.35. The molecule has 0 unspecified atom stereocenters. The molecule has 0 aliphatic heterocycles. The van der Waals surface area contributed by atoms with Gasteiger partial charge < -0.3 is 9.47 Å². The molecule has 0 saturated carbocycles. The van der Waals surface area contributed by atoms with Crippen molar-refractivity contribution < 1.29 is 9.47 Å². The highest BCUT2D eigenvalue weighted by molar-refractivity contribution is 14.1. The monoisotopic (exact) mass is 390 g/mol. The molecular formula is C17H27IO2. The minimum Gasteiger partial charge on any atom is -0.493 e. The minimum absolute atomic E-state index is 0.720. The average molecular weight is 390 g/mol. The number of hydrogen-bond acceptors (Lipinski definition) is 2. The SMILES string of the molecule is COCCCOc1cc(C[C@@H](CI)C(C)C)ccc1C. The standard InChI is InChI=1S/C17H27IO2/c1-13(2)16(12-18)10-15-7-6-14(3)17(11-15)20-9-5-8-19-4/h6-7,11,13,16H,5,8-10,12H2,1-4H3/t16-/m0/s1. The Morgan fingerprint density at radius 1 is 1.20 bits per heavy atom. The van der Waals surface area contributed by atoms with Crippen molar-refractivity contribution in [2.24, 2.45) is 11.8 Å². The molecule has 20 heavy (non-hydrogen) atoms. The second kappa shape index (κ2) is 9.61. The van der Waals surface area contributed by atoms with E-state index in [0.717, 1.165) is 43.6 Å². The lowest BCUT2D eigenvalue weighted by Crippen LogP contribution is -2.13. The molecule has 0 aliphatic carbocycles. The van der Waals surface area contributed by atoms with E-state index in [9.17, 15) is 0 Å². The molecule has 1 aromatic rings. The predicted molar refractivity (Wildman–Crippen MR) is 94.1 cm³/mol. The number of ether oxygens (including phenoxy) is 2. The number of halogens is 1. The quantitative estimate of drug-likeness (QED) is 0.347. The zero-order chi connectivity index (χ0) is 15.0. The molecule has 0 bridgehead atoms. The Kier molecular flexibility index (Phi) is 8.53. The molecule has 0 aliphatic rings. The molecule has 0 heterocycles. The van der Waals surface area contributed by atoms with Gasteiger partial charge in [-0.05, 0) is 42.4 Å². The van der Waals surface area contributed by atoms with Crippen molar-refractivity contribution >= 4 is 22.6 Å². The summed E-state index contributed by atoms with van der Waals surface area (Å²) in [5, 5.41) is 0. The third kappa shape index (κ3) is 6.00. The van der Waals surface area contributed by atoms with E-state index in [1.165, 1.54) is 15.6 Å². The summed E-state index contributed by atoms with van der Waals surface area (Å²) in [7, 11) is 1.72. The van der Waals surface area contributed by atoms with Gasteiger partial charge in [-0.3, -0.25) is 0 Å². The largest absolute Gasteiger partial charge is 0.493 e. The van der Waals surface area contributed by atoms with Crippen molar-refractivity contribution in [1.29, 1.82) is 0 Å². The number of aryl methyl sites for hydroxylation is 1. The van der Waals surface area contributed by atoms with Crippen molar-refractivity contribution in [2.75, 3.05) is 24.8 Å². The van der Waals surface area contributed by atoms with E-state index in [2.05, 4.69) is 61.6 Å². The Morgan fingerprint density at radius 2 is 1.95 bits per heavy atom. The molecule has 114 valence electrons. The molecular weight excluding hydrogens is 363 g/mol. The van der Waals surface area contributed by atoms with Gasteiger partial charge in [-0.2, -0.15) is 0 Å². The van der Waals surface area contributed by atoms with Crippen LogP contribution in [0.5, 0.6) is 5.75 Å². The predicted octanol–water partition coefficient (Wildman–Crippen LogP) is 4.66. The van der Waals surface area contributed by atoms with E-state index in [0.29, 0.717) is 0 Å². The van der Waals surface area contributed by atoms with Crippen molar-refractivity contribution in [1.82, 2.24) is 0 Å². The highest BCUT2D eigenvalue weighted by atomic mass is 127. The molecule has 1 aromatic carbocycles. The Morgan fingerprint density at radius 3 is 2.55 bits per heavy atom. The van der Waals surface area contributed by atoms with Crippen LogP contribution in [0.4, 0.5) is 0 Å². The van der Waals surface area contributed by atoms with Gasteiger partial charge >= 0.3 is 0 Å². The van der Waals surface area contributed by atoms with Crippen LogP contribution in [0.25, 0.3) is 0 Å². The van der Waals surface area contributed by atoms with Crippen LogP contribution in [0.15, 0.2) is 18.2 Å². The van der Waals surface area contributed by atoms with Gasteiger partial charge in [0.1, 0.15) is 5.75 Å². The number of alkyl halides is 1. The van der Waals surface area contributed by atoms with Gasteiger partial charge in [0.05, 0.1) is 6.61 Å². The minimum atomic E-state index is 0.720. The van der Waals surface area contributed by atoms with Crippen LogP contribution < -0.4 is 4.74 Å². The van der Waals surface area contributed by atoms with E-state index in [1.54, 1.807) is 7.11 Å². The number of methoxy groups -OCH3 is 1. The smallest absolute Gasteiger partial charge is 0.122 e. The maximum atomic E-state index is 5.87. The average Bonchev–Trinajstić information content (AvgIpc) is 2.43. The summed E-state index contributed by atoms with van der Waals surface area (Å²) >= 11 is 2.49. The van der Waals surface area contributed by atoms with Crippen LogP contribution in [-0.2, 0) is 11.2 Å². The Labute approximate surface area is 137 Å². The summed E-state index contributed by atoms with van der Waals surface area (Å²) in [6.07, 6.45) is 2.07. The van der Waals surface area contributed by atoms with Gasteiger partial charge in [-0.1, -0.05) is 48.6 Å². The molecule has 3 heteroatoms. The molecule has 1 rings (SSSR count). The Hall–Kier alpha value is -0.290. The first-order valence-corrected chi connectivity index (χ1v) is 8.88. The van der Waals surface area contributed by atoms with Crippen LogP contribution in [0.2, 0.25) is 0 Å². The molecule has 1 atom stereocenters. The van der Waals surface area contributed by atoms with Gasteiger partial charge in [0.25, 0.3) is 0 Å². The van der Waals surface area contributed by atoms with Crippen LogP contribution in [0.1, 0.15) is 31.4 Å². The summed E-state index contributed by atoms with van der Waals surface area (Å²) in [5.41, 5.74) is 2.59. The highest BCUT2D eigenvalue weighted by Crippen LogP contribution is 2.25. The maximum absolute atomic E-state index is 5.87. The summed E-state index contributed by atoms with van der Waals surface area (Å²) in [4.78, 5) is 0.